The first-order chi connectivity index (χ1) is 13.0. The minimum Gasteiger partial charge on any atom is -0.473 e. The summed E-state index contributed by atoms with van der Waals surface area (Å²) >= 11 is 0. The summed E-state index contributed by atoms with van der Waals surface area (Å²) in [6.07, 6.45) is 1.13. The molecular weight excluding hydrogens is 338 g/mol. The van der Waals surface area contributed by atoms with Gasteiger partial charge in [0.15, 0.2) is 6.73 Å². The lowest BCUT2D eigenvalue weighted by Gasteiger charge is -2.31. The summed E-state index contributed by atoms with van der Waals surface area (Å²) in [6, 6.07) is 12.6. The van der Waals surface area contributed by atoms with Crippen LogP contribution in [0.5, 0.6) is 5.75 Å². The fourth-order valence-corrected chi connectivity index (χ4v) is 3.63. The van der Waals surface area contributed by atoms with Crippen LogP contribution in [-0.4, -0.2) is 6.73 Å². The number of aryl methyl sites for hydroxylation is 1. The zero-order valence-corrected chi connectivity index (χ0v) is 16.3. The lowest BCUT2D eigenvalue weighted by molar-refractivity contribution is 0.289. The molecule has 1 atom stereocenters. The van der Waals surface area contributed by atoms with Crippen molar-refractivity contribution < 1.29 is 9.15 Å². The molecule has 0 aliphatic carbocycles. The van der Waals surface area contributed by atoms with E-state index in [1.165, 1.54) is 5.56 Å². The molecule has 0 saturated heterocycles. The Morgan fingerprint density at radius 1 is 1.07 bits per heavy atom. The van der Waals surface area contributed by atoms with Crippen molar-refractivity contribution in [3.8, 4) is 5.75 Å². The van der Waals surface area contributed by atoms with Crippen LogP contribution in [-0.2, 0) is 6.54 Å². The summed E-state index contributed by atoms with van der Waals surface area (Å²) in [5.74, 6) is 1.35. The van der Waals surface area contributed by atoms with E-state index in [1.807, 2.05) is 26.0 Å². The summed E-state index contributed by atoms with van der Waals surface area (Å²) < 4.78 is 11.6. The fraction of sp³-hybridized carbons (Fsp3) is 0.348. The van der Waals surface area contributed by atoms with Crippen LogP contribution in [0.4, 0.5) is 5.69 Å². The highest BCUT2D eigenvalue weighted by Gasteiger charge is 2.23. The van der Waals surface area contributed by atoms with Crippen LogP contribution >= 0.6 is 0 Å². The molecule has 0 unspecified atom stereocenters. The van der Waals surface area contributed by atoms with Gasteiger partial charge in [-0.1, -0.05) is 26.0 Å². The van der Waals surface area contributed by atoms with Crippen molar-refractivity contribution in [2.24, 2.45) is 0 Å². The van der Waals surface area contributed by atoms with E-state index in [-0.39, 0.29) is 5.63 Å². The standard InChI is InChI=1S/C23H25NO3/c1-5-14(2)17-6-8-18(9-7-17)24-12-20-21(26-13-24)11-10-19-15(3)16(4)23(25)27-22(19)20/h6-11,14H,5,12-13H2,1-4H3/t14-/m0/s1. The second-order valence-corrected chi connectivity index (χ2v) is 7.43. The highest BCUT2D eigenvalue weighted by molar-refractivity contribution is 5.86. The monoisotopic (exact) mass is 363 g/mol. The molecule has 140 valence electrons. The third-order valence-electron chi connectivity index (χ3n) is 5.85. The summed E-state index contributed by atoms with van der Waals surface area (Å²) in [5, 5.41) is 0.975. The van der Waals surface area contributed by atoms with Gasteiger partial charge in [-0.05, 0) is 61.6 Å². The maximum absolute atomic E-state index is 12.2. The van der Waals surface area contributed by atoms with Gasteiger partial charge < -0.3 is 14.1 Å². The van der Waals surface area contributed by atoms with Crippen molar-refractivity contribution >= 4 is 16.7 Å². The second kappa shape index (κ2) is 6.76. The summed E-state index contributed by atoms with van der Waals surface area (Å²) in [7, 11) is 0. The van der Waals surface area contributed by atoms with Gasteiger partial charge in [-0.2, -0.15) is 0 Å². The van der Waals surface area contributed by atoms with Gasteiger partial charge in [0.25, 0.3) is 0 Å². The van der Waals surface area contributed by atoms with E-state index in [4.69, 9.17) is 9.15 Å². The fourth-order valence-electron chi connectivity index (χ4n) is 3.63. The number of rotatable bonds is 3. The normalized spacial score (nSPS) is 14.7. The topological polar surface area (TPSA) is 42.7 Å². The van der Waals surface area contributed by atoms with Crippen molar-refractivity contribution in [3.05, 3.63) is 69.1 Å². The molecule has 0 spiro atoms. The highest BCUT2D eigenvalue weighted by Crippen LogP contribution is 2.35. The molecule has 0 bridgehead atoms. The van der Waals surface area contributed by atoms with Gasteiger partial charge >= 0.3 is 5.63 Å². The second-order valence-electron chi connectivity index (χ2n) is 7.43. The maximum Gasteiger partial charge on any atom is 0.339 e. The number of fused-ring (bicyclic) bond motifs is 3. The number of hydrogen-bond donors (Lipinski definition) is 0. The molecule has 4 rings (SSSR count). The van der Waals surface area contributed by atoms with Crippen LogP contribution < -0.4 is 15.3 Å². The summed E-state index contributed by atoms with van der Waals surface area (Å²) in [4.78, 5) is 14.4. The predicted octanol–water partition coefficient (Wildman–Crippen LogP) is 5.28. The van der Waals surface area contributed by atoms with Gasteiger partial charge in [-0.15, -0.1) is 0 Å². The third kappa shape index (κ3) is 2.99. The molecule has 2 aromatic carbocycles. The van der Waals surface area contributed by atoms with Gasteiger partial charge in [0.05, 0.1) is 12.1 Å². The van der Waals surface area contributed by atoms with E-state index in [0.717, 1.165) is 34.4 Å². The molecule has 4 heteroatoms. The largest absolute Gasteiger partial charge is 0.473 e. The lowest BCUT2D eigenvalue weighted by Crippen LogP contribution is -2.32. The Kier molecular flexibility index (Phi) is 4.42. The number of anilines is 1. The summed E-state index contributed by atoms with van der Waals surface area (Å²) in [6.45, 7) is 9.36. The molecular formula is C23H25NO3. The van der Waals surface area contributed by atoms with E-state index in [9.17, 15) is 4.79 Å². The molecule has 2 heterocycles. The van der Waals surface area contributed by atoms with Crippen LogP contribution in [0.25, 0.3) is 11.0 Å². The van der Waals surface area contributed by atoms with Crippen molar-refractivity contribution in [2.45, 2.75) is 46.6 Å². The Balaban J connectivity index is 1.73. The van der Waals surface area contributed by atoms with Crippen LogP contribution in [0.2, 0.25) is 0 Å². The quantitative estimate of drug-likeness (QED) is 0.594. The Bertz CT molecular complexity index is 1050. The molecule has 3 aromatic rings. The average Bonchev–Trinajstić information content (AvgIpc) is 2.71. The first-order valence-electron chi connectivity index (χ1n) is 9.53. The molecule has 0 fully saturated rings. The molecule has 0 saturated carbocycles. The minimum absolute atomic E-state index is 0.275. The zero-order valence-electron chi connectivity index (χ0n) is 16.3. The Morgan fingerprint density at radius 3 is 2.52 bits per heavy atom. The van der Waals surface area contributed by atoms with Gasteiger partial charge in [-0.3, -0.25) is 0 Å². The first-order valence-corrected chi connectivity index (χ1v) is 9.53. The number of ether oxygens (including phenoxy) is 1. The highest BCUT2D eigenvalue weighted by atomic mass is 16.5. The number of nitrogens with zero attached hydrogens (tertiary/aromatic N) is 1. The molecule has 27 heavy (non-hydrogen) atoms. The molecule has 1 aliphatic rings. The minimum atomic E-state index is -0.275. The van der Waals surface area contributed by atoms with E-state index in [0.29, 0.717) is 30.3 Å². The van der Waals surface area contributed by atoms with Crippen molar-refractivity contribution in [2.75, 3.05) is 11.6 Å². The van der Waals surface area contributed by atoms with Crippen LogP contribution in [0.3, 0.4) is 0 Å². The third-order valence-corrected chi connectivity index (χ3v) is 5.85. The Hall–Kier alpha value is -2.75. The Labute approximate surface area is 159 Å². The van der Waals surface area contributed by atoms with Gasteiger partial charge in [0.1, 0.15) is 11.3 Å². The molecule has 0 amide bonds. The van der Waals surface area contributed by atoms with Crippen molar-refractivity contribution in [3.63, 3.8) is 0 Å². The molecule has 1 aliphatic heterocycles. The van der Waals surface area contributed by atoms with Gasteiger partial charge in [0, 0.05) is 16.6 Å². The van der Waals surface area contributed by atoms with Crippen LogP contribution in [0.1, 0.15) is 48.4 Å². The molecule has 1 aromatic heterocycles. The zero-order chi connectivity index (χ0) is 19.1. The van der Waals surface area contributed by atoms with E-state index < -0.39 is 0 Å². The lowest BCUT2D eigenvalue weighted by atomic mass is 9.98. The predicted molar refractivity (Wildman–Crippen MR) is 109 cm³/mol. The molecule has 0 N–H and O–H groups in total. The first kappa shape index (κ1) is 17.7. The Morgan fingerprint density at radius 2 is 1.81 bits per heavy atom. The number of hydrogen-bond acceptors (Lipinski definition) is 4. The molecule has 4 nitrogen and oxygen atoms in total. The van der Waals surface area contributed by atoms with E-state index in [2.05, 4.69) is 43.0 Å². The van der Waals surface area contributed by atoms with Crippen molar-refractivity contribution in [1.82, 2.24) is 0 Å². The van der Waals surface area contributed by atoms with Gasteiger partial charge in [0.2, 0.25) is 0 Å². The maximum atomic E-state index is 12.2. The van der Waals surface area contributed by atoms with Crippen LogP contribution in [0, 0.1) is 13.8 Å². The average molecular weight is 363 g/mol. The van der Waals surface area contributed by atoms with Crippen molar-refractivity contribution in [1.29, 1.82) is 0 Å². The SMILES string of the molecule is CC[C@H](C)c1ccc(N2COc3ccc4c(C)c(C)c(=O)oc4c3C2)cc1. The van der Waals surface area contributed by atoms with Crippen LogP contribution in [0.15, 0.2) is 45.6 Å². The van der Waals surface area contributed by atoms with Gasteiger partial charge in [-0.25, -0.2) is 4.79 Å². The number of benzene rings is 2. The molecule has 0 radical (unpaired) electrons. The smallest absolute Gasteiger partial charge is 0.339 e. The van der Waals surface area contributed by atoms with E-state index in [1.54, 1.807) is 0 Å². The van der Waals surface area contributed by atoms with E-state index >= 15 is 0 Å². The summed E-state index contributed by atoms with van der Waals surface area (Å²) in [5.41, 5.74) is 5.39.